The van der Waals surface area contributed by atoms with E-state index in [-0.39, 0.29) is 5.69 Å². The molecule has 0 spiro atoms. The number of nitrogens with zero attached hydrogens (tertiary/aromatic N) is 5. The van der Waals surface area contributed by atoms with E-state index < -0.39 is 4.92 Å². The Morgan fingerprint density at radius 3 is 2.45 bits per heavy atom. The van der Waals surface area contributed by atoms with Crippen LogP contribution in [0.15, 0.2) is 36.4 Å². The molecular formula is C15H15N5O2. The highest BCUT2D eigenvalue weighted by molar-refractivity contribution is 5.64. The molecule has 0 saturated heterocycles. The molecule has 0 unspecified atom stereocenters. The lowest BCUT2D eigenvalue weighted by Crippen LogP contribution is -2.08. The van der Waals surface area contributed by atoms with Crippen molar-refractivity contribution in [3.8, 4) is 17.1 Å². The quantitative estimate of drug-likeness (QED) is 0.550. The molecule has 0 radical (unpaired) electrons. The van der Waals surface area contributed by atoms with Crippen LogP contribution >= 0.6 is 0 Å². The molecule has 3 aromatic rings. The summed E-state index contributed by atoms with van der Waals surface area (Å²) in [4.78, 5) is 11.0. The Labute approximate surface area is 127 Å². The van der Waals surface area contributed by atoms with Crippen LogP contribution in [0.2, 0.25) is 0 Å². The first-order chi connectivity index (χ1) is 10.5. The second kappa shape index (κ2) is 5.10. The molecule has 2 heterocycles. The van der Waals surface area contributed by atoms with Gasteiger partial charge in [-0.15, -0.1) is 0 Å². The molecule has 22 heavy (non-hydrogen) atoms. The number of benzene rings is 1. The van der Waals surface area contributed by atoms with E-state index >= 15 is 0 Å². The largest absolute Gasteiger partial charge is 0.336 e. The van der Waals surface area contributed by atoms with Gasteiger partial charge in [0.05, 0.1) is 16.3 Å². The SMILES string of the molecule is Cc1cc(-c2ccccc2)n(-c2c([N+](=O)[O-])c(C)nn2C)n1. The van der Waals surface area contributed by atoms with Gasteiger partial charge in [0.1, 0.15) is 5.69 Å². The Bertz CT molecular complexity index is 848. The molecule has 0 aliphatic carbocycles. The van der Waals surface area contributed by atoms with Crippen LogP contribution in [0.5, 0.6) is 0 Å². The van der Waals surface area contributed by atoms with E-state index in [9.17, 15) is 10.1 Å². The molecule has 0 fully saturated rings. The van der Waals surface area contributed by atoms with Gasteiger partial charge in [0.25, 0.3) is 0 Å². The van der Waals surface area contributed by atoms with Crippen LogP contribution in [-0.4, -0.2) is 24.5 Å². The lowest BCUT2D eigenvalue weighted by molar-refractivity contribution is -0.385. The number of hydrogen-bond acceptors (Lipinski definition) is 4. The third-order valence-corrected chi connectivity index (χ3v) is 3.45. The Hall–Kier alpha value is -2.96. The number of aromatic nitrogens is 4. The molecule has 0 N–H and O–H groups in total. The smallest absolute Gasteiger partial charge is 0.258 e. The summed E-state index contributed by atoms with van der Waals surface area (Å²) in [5.41, 5.74) is 2.87. The third kappa shape index (κ3) is 2.16. The molecule has 0 aliphatic heterocycles. The topological polar surface area (TPSA) is 78.8 Å². The average Bonchev–Trinajstić information content (AvgIpc) is 2.99. The summed E-state index contributed by atoms with van der Waals surface area (Å²) in [5.74, 6) is 0.356. The molecule has 0 bridgehead atoms. The van der Waals surface area contributed by atoms with Crippen molar-refractivity contribution in [2.45, 2.75) is 13.8 Å². The van der Waals surface area contributed by atoms with Crippen LogP contribution in [0.3, 0.4) is 0 Å². The fraction of sp³-hybridized carbons (Fsp3) is 0.200. The highest BCUT2D eigenvalue weighted by atomic mass is 16.6. The number of hydrogen-bond donors (Lipinski definition) is 0. The fourth-order valence-electron chi connectivity index (χ4n) is 2.56. The molecule has 2 aromatic heterocycles. The van der Waals surface area contributed by atoms with Crippen LogP contribution in [0.25, 0.3) is 17.1 Å². The number of nitro groups is 1. The number of aryl methyl sites for hydroxylation is 3. The van der Waals surface area contributed by atoms with Crippen molar-refractivity contribution >= 4 is 5.69 Å². The van der Waals surface area contributed by atoms with E-state index in [1.807, 2.05) is 43.3 Å². The predicted molar refractivity (Wildman–Crippen MR) is 81.9 cm³/mol. The summed E-state index contributed by atoms with van der Waals surface area (Å²) < 4.78 is 3.08. The summed E-state index contributed by atoms with van der Waals surface area (Å²) in [7, 11) is 1.68. The highest BCUT2D eigenvalue weighted by Gasteiger charge is 2.27. The summed E-state index contributed by atoms with van der Waals surface area (Å²) in [6, 6.07) is 11.6. The molecule has 1 aromatic carbocycles. The summed E-state index contributed by atoms with van der Waals surface area (Å²) in [5, 5.41) is 20.0. The van der Waals surface area contributed by atoms with Crippen LogP contribution in [-0.2, 0) is 7.05 Å². The molecule has 0 amide bonds. The van der Waals surface area contributed by atoms with E-state index in [4.69, 9.17) is 0 Å². The summed E-state index contributed by atoms with van der Waals surface area (Å²) in [6.07, 6.45) is 0. The van der Waals surface area contributed by atoms with Crippen LogP contribution in [0.1, 0.15) is 11.4 Å². The minimum Gasteiger partial charge on any atom is -0.258 e. The van der Waals surface area contributed by atoms with Gasteiger partial charge in [0, 0.05) is 12.6 Å². The van der Waals surface area contributed by atoms with E-state index in [0.717, 1.165) is 17.0 Å². The Balaban J connectivity index is 2.29. The van der Waals surface area contributed by atoms with Crippen molar-refractivity contribution in [3.05, 3.63) is 57.9 Å². The van der Waals surface area contributed by atoms with E-state index in [2.05, 4.69) is 10.2 Å². The second-order valence-electron chi connectivity index (χ2n) is 5.09. The standard InChI is InChI=1S/C15H15N5O2/c1-10-9-13(12-7-5-4-6-8-12)19(16-10)15-14(20(21)22)11(2)17-18(15)3/h4-9H,1-3H3. The number of rotatable bonds is 3. The van der Waals surface area contributed by atoms with E-state index in [1.165, 1.54) is 4.68 Å². The first-order valence-electron chi connectivity index (χ1n) is 6.79. The zero-order valence-corrected chi connectivity index (χ0v) is 12.5. The van der Waals surface area contributed by atoms with E-state index in [1.54, 1.807) is 18.7 Å². The second-order valence-corrected chi connectivity index (χ2v) is 5.09. The maximum absolute atomic E-state index is 11.4. The first-order valence-corrected chi connectivity index (χ1v) is 6.79. The van der Waals surface area contributed by atoms with Crippen molar-refractivity contribution in [1.82, 2.24) is 19.6 Å². The third-order valence-electron chi connectivity index (χ3n) is 3.45. The summed E-state index contributed by atoms with van der Waals surface area (Å²) >= 11 is 0. The Kier molecular flexibility index (Phi) is 3.25. The van der Waals surface area contributed by atoms with Gasteiger partial charge < -0.3 is 0 Å². The van der Waals surface area contributed by atoms with Crippen molar-refractivity contribution < 1.29 is 4.92 Å². The molecule has 112 valence electrons. The van der Waals surface area contributed by atoms with Crippen LogP contribution < -0.4 is 0 Å². The monoisotopic (exact) mass is 297 g/mol. The lowest BCUT2D eigenvalue weighted by atomic mass is 10.1. The highest BCUT2D eigenvalue weighted by Crippen LogP contribution is 2.30. The molecule has 0 aliphatic rings. The van der Waals surface area contributed by atoms with Crippen molar-refractivity contribution in [2.24, 2.45) is 7.05 Å². The van der Waals surface area contributed by atoms with Gasteiger partial charge in [0.2, 0.25) is 5.82 Å². The van der Waals surface area contributed by atoms with Crippen LogP contribution in [0, 0.1) is 24.0 Å². The molecule has 3 rings (SSSR count). The van der Waals surface area contributed by atoms with Crippen molar-refractivity contribution in [1.29, 1.82) is 0 Å². The van der Waals surface area contributed by atoms with Gasteiger partial charge in [-0.3, -0.25) is 10.1 Å². The van der Waals surface area contributed by atoms with E-state index in [0.29, 0.717) is 11.5 Å². The van der Waals surface area contributed by atoms with Crippen molar-refractivity contribution in [3.63, 3.8) is 0 Å². The normalized spacial score (nSPS) is 10.9. The molecular weight excluding hydrogens is 282 g/mol. The Morgan fingerprint density at radius 1 is 1.14 bits per heavy atom. The predicted octanol–water partition coefficient (Wildman–Crippen LogP) is 2.80. The zero-order valence-electron chi connectivity index (χ0n) is 12.5. The Morgan fingerprint density at radius 2 is 1.82 bits per heavy atom. The van der Waals surface area contributed by atoms with Crippen LogP contribution in [0.4, 0.5) is 5.69 Å². The zero-order chi connectivity index (χ0) is 15.9. The minimum atomic E-state index is -0.413. The maximum atomic E-state index is 11.4. The average molecular weight is 297 g/mol. The van der Waals surface area contributed by atoms with Gasteiger partial charge in [-0.05, 0) is 19.9 Å². The maximum Gasteiger partial charge on any atom is 0.336 e. The van der Waals surface area contributed by atoms with Gasteiger partial charge in [-0.1, -0.05) is 30.3 Å². The molecule has 0 atom stereocenters. The first kappa shape index (κ1) is 14.0. The van der Waals surface area contributed by atoms with Crippen molar-refractivity contribution in [2.75, 3.05) is 0 Å². The molecule has 0 saturated carbocycles. The molecule has 7 heteroatoms. The lowest BCUT2D eigenvalue weighted by Gasteiger charge is -2.07. The molecule has 7 nitrogen and oxygen atoms in total. The van der Waals surface area contributed by atoms with Gasteiger partial charge in [-0.2, -0.15) is 10.2 Å². The summed E-state index contributed by atoms with van der Waals surface area (Å²) in [6.45, 7) is 3.48. The minimum absolute atomic E-state index is 0.0252. The fourth-order valence-corrected chi connectivity index (χ4v) is 2.56. The van der Waals surface area contributed by atoms with Gasteiger partial charge in [-0.25, -0.2) is 9.36 Å². The van der Waals surface area contributed by atoms with Gasteiger partial charge >= 0.3 is 5.69 Å². The van der Waals surface area contributed by atoms with Gasteiger partial charge in [0.15, 0.2) is 0 Å².